The van der Waals surface area contributed by atoms with Crippen LogP contribution in [0, 0.1) is 5.41 Å². The van der Waals surface area contributed by atoms with Gasteiger partial charge in [0.2, 0.25) is 5.91 Å². The van der Waals surface area contributed by atoms with Crippen molar-refractivity contribution in [2.45, 2.75) is 32.1 Å². The highest BCUT2D eigenvalue weighted by Gasteiger charge is 2.25. The molecule has 1 aromatic rings. The lowest BCUT2D eigenvalue weighted by molar-refractivity contribution is -0.124. The summed E-state index contributed by atoms with van der Waals surface area (Å²) < 4.78 is 27.3. The van der Waals surface area contributed by atoms with Crippen molar-refractivity contribution in [2.24, 2.45) is 5.41 Å². The number of anilines is 1. The third-order valence-electron chi connectivity index (χ3n) is 3.12. The molecule has 0 saturated heterocycles. The van der Waals surface area contributed by atoms with Gasteiger partial charge in [0.15, 0.2) is 0 Å². The Labute approximate surface area is 114 Å². The molecule has 0 aliphatic rings. The van der Waals surface area contributed by atoms with E-state index in [9.17, 15) is 13.2 Å². The Morgan fingerprint density at radius 1 is 1.26 bits per heavy atom. The van der Waals surface area contributed by atoms with E-state index < -0.39 is 15.5 Å². The Morgan fingerprint density at radius 2 is 1.79 bits per heavy atom. The molecule has 0 spiro atoms. The topological polar surface area (TPSA) is 72.5 Å². The molecule has 0 heterocycles. The Bertz CT molecular complexity index is 547. The number of carbonyl (C=O) groups is 1. The maximum Gasteiger partial charge on any atom is 0.296 e. The molecule has 0 atom stereocenters. The van der Waals surface area contributed by atoms with Crippen molar-refractivity contribution in [3.63, 3.8) is 0 Å². The lowest BCUT2D eigenvalue weighted by atomic mass is 9.89. The van der Waals surface area contributed by atoms with Crippen LogP contribution in [0.5, 0.6) is 0 Å². The second-order valence-corrected chi connectivity index (χ2v) is 6.55. The first-order chi connectivity index (χ1) is 8.73. The van der Waals surface area contributed by atoms with Gasteiger partial charge in [0.05, 0.1) is 12.0 Å². The lowest BCUT2D eigenvalue weighted by Crippen LogP contribution is -2.29. The molecule has 1 rings (SSSR count). The van der Waals surface area contributed by atoms with Crippen molar-refractivity contribution in [2.75, 3.05) is 12.4 Å². The van der Waals surface area contributed by atoms with Crippen molar-refractivity contribution in [1.29, 1.82) is 0 Å². The first-order valence-electron chi connectivity index (χ1n) is 5.95. The second-order valence-electron chi connectivity index (χ2n) is 4.84. The minimum atomic E-state index is -3.69. The summed E-state index contributed by atoms with van der Waals surface area (Å²) in [6.45, 7) is 5.64. The Hall–Kier alpha value is -1.40. The van der Waals surface area contributed by atoms with Gasteiger partial charge in [-0.15, -0.1) is 0 Å². The molecule has 6 heteroatoms. The quantitative estimate of drug-likeness (QED) is 0.843. The van der Waals surface area contributed by atoms with E-state index in [2.05, 4.69) is 9.50 Å². The van der Waals surface area contributed by atoms with Crippen molar-refractivity contribution in [3.8, 4) is 0 Å². The Morgan fingerprint density at radius 3 is 2.21 bits per heavy atom. The van der Waals surface area contributed by atoms with E-state index in [-0.39, 0.29) is 10.8 Å². The summed E-state index contributed by atoms with van der Waals surface area (Å²) in [5.41, 5.74) is 0.0960. The number of amides is 1. The maximum absolute atomic E-state index is 11.9. The Balaban J connectivity index is 2.87. The molecule has 106 valence electrons. The largest absolute Gasteiger partial charge is 0.326 e. The minimum absolute atomic E-state index is 0.0581. The molecular formula is C13H19NO4S. The van der Waals surface area contributed by atoms with E-state index in [1.54, 1.807) is 0 Å². The van der Waals surface area contributed by atoms with E-state index >= 15 is 0 Å². The number of nitrogens with one attached hydrogen (secondary N) is 1. The highest BCUT2D eigenvalue weighted by Crippen LogP contribution is 2.23. The van der Waals surface area contributed by atoms with Gasteiger partial charge in [0, 0.05) is 11.1 Å². The van der Waals surface area contributed by atoms with Gasteiger partial charge in [-0.1, -0.05) is 20.8 Å². The average Bonchev–Trinajstić information content (AvgIpc) is 2.39. The molecule has 1 N–H and O–H groups in total. The van der Waals surface area contributed by atoms with Gasteiger partial charge >= 0.3 is 0 Å². The normalized spacial score (nSPS) is 12.2. The monoisotopic (exact) mass is 285 g/mol. The zero-order valence-corrected chi connectivity index (χ0v) is 12.4. The smallest absolute Gasteiger partial charge is 0.296 e. The molecular weight excluding hydrogens is 266 g/mol. The average molecular weight is 285 g/mol. The molecule has 0 bridgehead atoms. The number of benzene rings is 1. The zero-order valence-electron chi connectivity index (χ0n) is 11.6. The number of rotatable bonds is 5. The molecule has 0 aromatic heterocycles. The number of carbonyl (C=O) groups excluding carboxylic acids is 1. The van der Waals surface area contributed by atoms with E-state index in [1.165, 1.54) is 24.3 Å². The summed E-state index contributed by atoms with van der Waals surface area (Å²) in [6, 6.07) is 5.87. The van der Waals surface area contributed by atoms with Crippen LogP contribution in [0.3, 0.4) is 0 Å². The SMILES string of the molecule is CCC(C)(C)C(=O)Nc1ccc(S(=O)(=O)OC)cc1. The summed E-state index contributed by atoms with van der Waals surface area (Å²) in [5, 5.41) is 2.76. The first kappa shape index (κ1) is 15.7. The third kappa shape index (κ3) is 3.78. The lowest BCUT2D eigenvalue weighted by Gasteiger charge is -2.21. The van der Waals surface area contributed by atoms with Gasteiger partial charge in [-0.25, -0.2) is 0 Å². The van der Waals surface area contributed by atoms with Gasteiger partial charge in [-0.3, -0.25) is 8.98 Å². The van der Waals surface area contributed by atoms with Gasteiger partial charge in [0.25, 0.3) is 10.1 Å². The fourth-order valence-corrected chi connectivity index (χ4v) is 1.92. The van der Waals surface area contributed by atoms with Crippen LogP contribution in [0.25, 0.3) is 0 Å². The summed E-state index contributed by atoms with van der Waals surface area (Å²) in [7, 11) is -2.58. The Kier molecular flexibility index (Phi) is 4.70. The highest BCUT2D eigenvalue weighted by molar-refractivity contribution is 7.86. The van der Waals surface area contributed by atoms with Crippen LogP contribution in [-0.4, -0.2) is 21.4 Å². The van der Waals surface area contributed by atoms with E-state index in [0.717, 1.165) is 13.5 Å². The highest BCUT2D eigenvalue weighted by atomic mass is 32.2. The van der Waals surface area contributed by atoms with E-state index in [4.69, 9.17) is 0 Å². The fourth-order valence-electron chi connectivity index (χ4n) is 1.26. The van der Waals surface area contributed by atoms with Gasteiger partial charge in [-0.05, 0) is 30.7 Å². The molecule has 0 radical (unpaired) electrons. The third-order valence-corrected chi connectivity index (χ3v) is 4.41. The molecule has 0 aliphatic carbocycles. The van der Waals surface area contributed by atoms with Crippen molar-refractivity contribution in [1.82, 2.24) is 0 Å². The molecule has 0 saturated carbocycles. The van der Waals surface area contributed by atoms with Crippen LogP contribution in [-0.2, 0) is 19.1 Å². The van der Waals surface area contributed by atoms with Gasteiger partial charge < -0.3 is 5.32 Å². The van der Waals surface area contributed by atoms with E-state index in [0.29, 0.717) is 5.69 Å². The van der Waals surface area contributed by atoms with Crippen LogP contribution in [0.4, 0.5) is 5.69 Å². The summed E-state index contributed by atoms with van der Waals surface area (Å²) in [4.78, 5) is 12.0. The molecule has 1 amide bonds. The number of hydrogen-bond acceptors (Lipinski definition) is 4. The summed E-state index contributed by atoms with van der Waals surface area (Å²) in [6.07, 6.45) is 0.717. The predicted molar refractivity (Wildman–Crippen MR) is 73.3 cm³/mol. The number of hydrogen-bond donors (Lipinski definition) is 1. The standard InChI is InChI=1S/C13H19NO4S/c1-5-13(2,3)12(15)14-10-6-8-11(9-7-10)19(16,17)18-4/h6-9H,5H2,1-4H3,(H,14,15). The van der Waals surface area contributed by atoms with Gasteiger partial charge in [-0.2, -0.15) is 8.42 Å². The zero-order chi connectivity index (χ0) is 14.7. The molecule has 0 fully saturated rings. The van der Waals surface area contributed by atoms with Crippen molar-refractivity contribution < 1.29 is 17.4 Å². The molecule has 5 nitrogen and oxygen atoms in total. The van der Waals surface area contributed by atoms with Crippen LogP contribution in [0.1, 0.15) is 27.2 Å². The van der Waals surface area contributed by atoms with Crippen LogP contribution >= 0.6 is 0 Å². The molecule has 0 unspecified atom stereocenters. The maximum atomic E-state index is 11.9. The van der Waals surface area contributed by atoms with Gasteiger partial charge in [0.1, 0.15) is 0 Å². The summed E-state index contributed by atoms with van der Waals surface area (Å²) >= 11 is 0. The first-order valence-corrected chi connectivity index (χ1v) is 7.36. The van der Waals surface area contributed by atoms with Crippen LogP contribution < -0.4 is 5.32 Å². The predicted octanol–water partition coefficient (Wildman–Crippen LogP) is 2.40. The van der Waals surface area contributed by atoms with Crippen LogP contribution in [0.15, 0.2) is 29.2 Å². The van der Waals surface area contributed by atoms with Crippen LogP contribution in [0.2, 0.25) is 0 Å². The fraction of sp³-hybridized carbons (Fsp3) is 0.462. The molecule has 0 aliphatic heterocycles. The minimum Gasteiger partial charge on any atom is -0.326 e. The van der Waals surface area contributed by atoms with Crippen molar-refractivity contribution in [3.05, 3.63) is 24.3 Å². The molecule has 1 aromatic carbocycles. The van der Waals surface area contributed by atoms with Crippen molar-refractivity contribution >= 4 is 21.7 Å². The van der Waals surface area contributed by atoms with E-state index in [1.807, 2.05) is 20.8 Å². The molecule has 19 heavy (non-hydrogen) atoms. The second kappa shape index (κ2) is 5.71. The summed E-state index contributed by atoms with van der Waals surface area (Å²) in [5.74, 6) is -0.0997.